The zero-order valence-corrected chi connectivity index (χ0v) is 14.2. The van der Waals surface area contributed by atoms with Crippen LogP contribution in [-0.4, -0.2) is 23.1 Å². The molecule has 1 aliphatic heterocycles. The molecule has 2 N–H and O–H groups in total. The van der Waals surface area contributed by atoms with E-state index in [0.29, 0.717) is 24.3 Å². The van der Waals surface area contributed by atoms with E-state index in [-0.39, 0.29) is 12.5 Å². The van der Waals surface area contributed by atoms with Crippen LogP contribution < -0.4 is 10.5 Å². The maximum atomic E-state index is 11.1. The van der Waals surface area contributed by atoms with Crippen molar-refractivity contribution in [2.24, 2.45) is 5.73 Å². The average Bonchev–Trinajstić information content (AvgIpc) is 2.58. The Hall–Kier alpha value is -2.91. The standard InChI is InChI=1S/C19H19N3O3/c1-19(2)8-13-14(9-20)18(24-11-16(21)23)22-17(15(13)10-25-19)12-6-4-3-5-7-12/h3-7H,8,10-11H2,1-2H3,(H2,21,23). The average molecular weight is 337 g/mol. The van der Waals surface area contributed by atoms with Gasteiger partial charge in [0.2, 0.25) is 5.88 Å². The third-order valence-electron chi connectivity index (χ3n) is 4.10. The second kappa shape index (κ2) is 6.54. The topological polar surface area (TPSA) is 98.2 Å². The van der Waals surface area contributed by atoms with Gasteiger partial charge in [0.15, 0.2) is 6.61 Å². The molecule has 1 amide bonds. The van der Waals surface area contributed by atoms with Gasteiger partial charge in [-0.05, 0) is 19.4 Å². The maximum absolute atomic E-state index is 11.1. The highest BCUT2D eigenvalue weighted by Crippen LogP contribution is 2.38. The number of hydrogen-bond acceptors (Lipinski definition) is 5. The molecule has 3 rings (SSSR count). The van der Waals surface area contributed by atoms with Crippen molar-refractivity contribution < 1.29 is 14.3 Å². The van der Waals surface area contributed by atoms with Gasteiger partial charge in [-0.15, -0.1) is 0 Å². The smallest absolute Gasteiger partial charge is 0.255 e. The number of nitrogens with two attached hydrogens (primary N) is 1. The molecular formula is C19H19N3O3. The van der Waals surface area contributed by atoms with Crippen LogP contribution in [0.4, 0.5) is 0 Å². The third kappa shape index (κ3) is 3.47. The van der Waals surface area contributed by atoms with Gasteiger partial charge in [0.25, 0.3) is 5.91 Å². The zero-order chi connectivity index (χ0) is 18.0. The highest BCUT2D eigenvalue weighted by Gasteiger charge is 2.32. The number of carbonyl (C=O) groups excluding carboxylic acids is 1. The molecule has 0 saturated carbocycles. The molecule has 0 aliphatic carbocycles. The first-order valence-corrected chi connectivity index (χ1v) is 7.97. The van der Waals surface area contributed by atoms with E-state index < -0.39 is 11.5 Å². The number of hydrogen-bond donors (Lipinski definition) is 1. The minimum atomic E-state index is -0.617. The van der Waals surface area contributed by atoms with Crippen molar-refractivity contribution >= 4 is 5.91 Å². The summed E-state index contributed by atoms with van der Waals surface area (Å²) in [5, 5.41) is 9.64. The predicted molar refractivity (Wildman–Crippen MR) is 91.6 cm³/mol. The van der Waals surface area contributed by atoms with Crippen LogP contribution in [0.15, 0.2) is 30.3 Å². The van der Waals surface area contributed by atoms with Gasteiger partial charge >= 0.3 is 0 Å². The number of carbonyl (C=O) groups is 1. The Balaban J connectivity index is 2.20. The first-order chi connectivity index (χ1) is 11.9. The molecule has 2 heterocycles. The lowest BCUT2D eigenvalue weighted by atomic mass is 9.87. The number of benzene rings is 1. The minimum absolute atomic E-state index is 0.136. The molecule has 25 heavy (non-hydrogen) atoms. The summed E-state index contributed by atoms with van der Waals surface area (Å²) < 4.78 is 11.4. The number of nitriles is 1. The van der Waals surface area contributed by atoms with Gasteiger partial charge in [0.1, 0.15) is 11.6 Å². The van der Waals surface area contributed by atoms with Crippen molar-refractivity contribution in [1.82, 2.24) is 4.98 Å². The molecule has 0 bridgehead atoms. The molecule has 6 heteroatoms. The van der Waals surface area contributed by atoms with E-state index >= 15 is 0 Å². The summed E-state index contributed by atoms with van der Waals surface area (Å²) in [5.41, 5.74) is 8.45. The molecule has 1 aromatic heterocycles. The maximum Gasteiger partial charge on any atom is 0.255 e. The van der Waals surface area contributed by atoms with Crippen molar-refractivity contribution in [2.75, 3.05) is 6.61 Å². The van der Waals surface area contributed by atoms with Gasteiger partial charge < -0.3 is 15.2 Å². The van der Waals surface area contributed by atoms with E-state index in [1.165, 1.54) is 0 Å². The van der Waals surface area contributed by atoms with Gasteiger partial charge in [-0.1, -0.05) is 30.3 Å². The number of nitrogens with zero attached hydrogens (tertiary/aromatic N) is 2. The lowest BCUT2D eigenvalue weighted by Gasteiger charge is -2.33. The van der Waals surface area contributed by atoms with E-state index in [0.717, 1.165) is 16.7 Å². The van der Waals surface area contributed by atoms with Gasteiger partial charge in [0, 0.05) is 17.5 Å². The Labute approximate surface area is 146 Å². The van der Waals surface area contributed by atoms with E-state index in [2.05, 4.69) is 11.1 Å². The van der Waals surface area contributed by atoms with E-state index in [1.54, 1.807) is 0 Å². The molecular weight excluding hydrogens is 318 g/mol. The molecule has 0 radical (unpaired) electrons. The summed E-state index contributed by atoms with van der Waals surface area (Å²) in [5.74, 6) is -0.482. The van der Waals surface area contributed by atoms with E-state index in [1.807, 2.05) is 44.2 Å². The molecule has 128 valence electrons. The van der Waals surface area contributed by atoms with Crippen LogP contribution >= 0.6 is 0 Å². The number of aromatic nitrogens is 1. The molecule has 1 aromatic carbocycles. The summed E-state index contributed by atoms with van der Waals surface area (Å²) in [6, 6.07) is 11.8. The summed E-state index contributed by atoms with van der Waals surface area (Å²) in [7, 11) is 0. The van der Waals surface area contributed by atoms with E-state index in [4.69, 9.17) is 15.2 Å². The van der Waals surface area contributed by atoms with Crippen LogP contribution in [0.1, 0.15) is 30.5 Å². The largest absolute Gasteiger partial charge is 0.467 e. The second-order valence-corrected chi connectivity index (χ2v) is 6.56. The van der Waals surface area contributed by atoms with Crippen molar-refractivity contribution in [1.29, 1.82) is 5.26 Å². The number of fused-ring (bicyclic) bond motifs is 1. The lowest BCUT2D eigenvalue weighted by Crippen LogP contribution is -2.33. The first-order valence-electron chi connectivity index (χ1n) is 7.97. The van der Waals surface area contributed by atoms with Crippen molar-refractivity contribution in [3.63, 3.8) is 0 Å². The first kappa shape index (κ1) is 16.9. The number of pyridine rings is 1. The van der Waals surface area contributed by atoms with E-state index in [9.17, 15) is 10.1 Å². The van der Waals surface area contributed by atoms with Crippen LogP contribution in [0.5, 0.6) is 5.88 Å². The Morgan fingerprint density at radius 2 is 2.08 bits per heavy atom. The SMILES string of the molecule is CC1(C)Cc2c(C#N)c(OCC(N)=O)nc(-c3ccccc3)c2CO1. The summed E-state index contributed by atoms with van der Waals surface area (Å²) in [4.78, 5) is 15.6. The summed E-state index contributed by atoms with van der Waals surface area (Å²) >= 11 is 0. The quantitative estimate of drug-likeness (QED) is 0.923. The molecule has 0 unspecified atom stereocenters. The van der Waals surface area contributed by atoms with Gasteiger partial charge in [-0.2, -0.15) is 5.26 Å². The Kier molecular flexibility index (Phi) is 4.43. The van der Waals surface area contributed by atoms with Crippen LogP contribution in [0, 0.1) is 11.3 Å². The Bertz CT molecular complexity index is 854. The fourth-order valence-electron chi connectivity index (χ4n) is 2.94. The van der Waals surface area contributed by atoms with Gasteiger partial charge in [-0.3, -0.25) is 4.79 Å². The molecule has 0 atom stereocenters. The van der Waals surface area contributed by atoms with Crippen molar-refractivity contribution in [2.45, 2.75) is 32.5 Å². The second-order valence-electron chi connectivity index (χ2n) is 6.56. The van der Waals surface area contributed by atoms with Crippen LogP contribution in [0.3, 0.4) is 0 Å². The van der Waals surface area contributed by atoms with Crippen LogP contribution in [0.2, 0.25) is 0 Å². The number of amides is 1. The van der Waals surface area contributed by atoms with Crippen molar-refractivity contribution in [3.05, 3.63) is 47.0 Å². The third-order valence-corrected chi connectivity index (χ3v) is 4.10. The normalized spacial score (nSPS) is 15.1. The Morgan fingerprint density at radius 3 is 2.72 bits per heavy atom. The molecule has 0 spiro atoms. The molecule has 2 aromatic rings. The lowest BCUT2D eigenvalue weighted by molar-refractivity contribution is -0.120. The molecule has 0 fully saturated rings. The number of rotatable bonds is 4. The fourth-order valence-corrected chi connectivity index (χ4v) is 2.94. The highest BCUT2D eigenvalue weighted by molar-refractivity contribution is 5.75. The molecule has 1 aliphatic rings. The van der Waals surface area contributed by atoms with Crippen molar-refractivity contribution in [3.8, 4) is 23.2 Å². The fraction of sp³-hybridized carbons (Fsp3) is 0.316. The molecule has 0 saturated heterocycles. The van der Waals surface area contributed by atoms with Crippen LogP contribution in [0.25, 0.3) is 11.3 Å². The predicted octanol–water partition coefficient (Wildman–Crippen LogP) is 2.34. The number of ether oxygens (including phenoxy) is 2. The highest BCUT2D eigenvalue weighted by atomic mass is 16.5. The van der Waals surface area contributed by atoms with Gasteiger partial charge in [-0.25, -0.2) is 4.98 Å². The monoisotopic (exact) mass is 337 g/mol. The zero-order valence-electron chi connectivity index (χ0n) is 14.2. The Morgan fingerprint density at radius 1 is 1.36 bits per heavy atom. The number of primary amides is 1. The summed E-state index contributed by atoms with van der Waals surface area (Å²) in [6.07, 6.45) is 0.556. The summed E-state index contributed by atoms with van der Waals surface area (Å²) in [6.45, 7) is 3.99. The van der Waals surface area contributed by atoms with Crippen LogP contribution in [-0.2, 0) is 22.6 Å². The minimum Gasteiger partial charge on any atom is -0.467 e. The molecule has 6 nitrogen and oxygen atoms in total. The van der Waals surface area contributed by atoms with Gasteiger partial charge in [0.05, 0.1) is 17.9 Å².